The standard InChI is InChI=1S/C18H14ClFN4O/c1-4-8-23(3)18(25)12-9-21-17-13(10-22-24(17)11(12)2)16-14(19)6-5-7-15(16)20/h1,5-7,9-10H,8H2,2-3H3. The summed E-state index contributed by atoms with van der Waals surface area (Å²) in [6, 6.07) is 4.46. The molecule has 1 amide bonds. The molecule has 0 atom stereocenters. The number of nitrogens with zero attached hydrogens (tertiary/aromatic N) is 4. The monoisotopic (exact) mass is 356 g/mol. The Morgan fingerprint density at radius 2 is 2.20 bits per heavy atom. The van der Waals surface area contributed by atoms with E-state index >= 15 is 0 Å². The van der Waals surface area contributed by atoms with Gasteiger partial charge in [0.1, 0.15) is 5.82 Å². The van der Waals surface area contributed by atoms with Crippen LogP contribution in [0.4, 0.5) is 4.39 Å². The molecule has 7 heteroatoms. The van der Waals surface area contributed by atoms with Gasteiger partial charge in [0.25, 0.3) is 5.91 Å². The van der Waals surface area contributed by atoms with E-state index in [9.17, 15) is 9.18 Å². The van der Waals surface area contributed by atoms with Gasteiger partial charge >= 0.3 is 0 Å². The molecule has 0 N–H and O–H groups in total. The van der Waals surface area contributed by atoms with E-state index in [0.717, 1.165) is 0 Å². The van der Waals surface area contributed by atoms with Gasteiger partial charge in [0.05, 0.1) is 34.6 Å². The fraction of sp³-hybridized carbons (Fsp3) is 0.167. The number of fused-ring (bicyclic) bond motifs is 1. The molecule has 0 spiro atoms. The zero-order valence-electron chi connectivity index (χ0n) is 13.6. The fourth-order valence-corrected chi connectivity index (χ4v) is 2.87. The van der Waals surface area contributed by atoms with Crippen LogP contribution in [0.3, 0.4) is 0 Å². The van der Waals surface area contributed by atoms with Crippen LogP contribution in [0.5, 0.6) is 0 Å². The number of carbonyl (C=O) groups excluding carboxylic acids is 1. The molecule has 0 unspecified atom stereocenters. The first-order chi connectivity index (χ1) is 12.0. The maximum atomic E-state index is 14.2. The third-order valence-corrected chi connectivity index (χ3v) is 4.22. The molecule has 2 aromatic heterocycles. The summed E-state index contributed by atoms with van der Waals surface area (Å²) in [6.45, 7) is 1.93. The molecule has 3 rings (SSSR count). The second-order valence-electron chi connectivity index (χ2n) is 5.51. The summed E-state index contributed by atoms with van der Waals surface area (Å²) in [7, 11) is 1.61. The average Bonchev–Trinajstić information content (AvgIpc) is 2.99. The number of carbonyl (C=O) groups is 1. The number of amides is 1. The number of hydrogen-bond acceptors (Lipinski definition) is 3. The van der Waals surface area contributed by atoms with Gasteiger partial charge in [-0.25, -0.2) is 13.9 Å². The normalized spacial score (nSPS) is 10.7. The SMILES string of the molecule is C#CCN(C)C(=O)c1cnc2c(-c3c(F)cccc3Cl)cnn2c1C. The van der Waals surface area contributed by atoms with Gasteiger partial charge in [-0.2, -0.15) is 5.10 Å². The van der Waals surface area contributed by atoms with Crippen molar-refractivity contribution in [1.82, 2.24) is 19.5 Å². The Balaban J connectivity index is 2.15. The first-order valence-corrected chi connectivity index (χ1v) is 7.80. The zero-order chi connectivity index (χ0) is 18.1. The molecule has 0 saturated heterocycles. The maximum Gasteiger partial charge on any atom is 0.257 e. The van der Waals surface area contributed by atoms with E-state index in [-0.39, 0.29) is 23.0 Å². The van der Waals surface area contributed by atoms with E-state index in [1.807, 2.05) is 0 Å². The molecule has 2 heterocycles. The summed E-state index contributed by atoms with van der Waals surface area (Å²) in [5.74, 6) is 1.70. The predicted molar refractivity (Wildman–Crippen MR) is 93.9 cm³/mol. The van der Waals surface area contributed by atoms with Crippen LogP contribution in [0.2, 0.25) is 5.02 Å². The maximum absolute atomic E-state index is 14.2. The molecule has 3 aromatic rings. The van der Waals surface area contributed by atoms with Gasteiger partial charge in [0.15, 0.2) is 5.65 Å². The highest BCUT2D eigenvalue weighted by atomic mass is 35.5. The molecule has 0 aliphatic rings. The van der Waals surface area contributed by atoms with Crippen molar-refractivity contribution in [3.05, 3.63) is 52.7 Å². The van der Waals surface area contributed by atoms with Gasteiger partial charge in [0.2, 0.25) is 0 Å². The molecular formula is C18H14ClFN4O. The Hall–Kier alpha value is -2.91. The quantitative estimate of drug-likeness (QED) is 0.677. The van der Waals surface area contributed by atoms with Gasteiger partial charge in [-0.05, 0) is 19.1 Å². The van der Waals surface area contributed by atoms with Crippen molar-refractivity contribution >= 4 is 23.2 Å². The van der Waals surface area contributed by atoms with Crippen LogP contribution in [-0.4, -0.2) is 39.0 Å². The van der Waals surface area contributed by atoms with Crippen molar-refractivity contribution in [3.8, 4) is 23.5 Å². The zero-order valence-corrected chi connectivity index (χ0v) is 14.4. The Morgan fingerprint density at radius 1 is 1.44 bits per heavy atom. The number of benzene rings is 1. The van der Waals surface area contributed by atoms with Crippen molar-refractivity contribution in [2.75, 3.05) is 13.6 Å². The summed E-state index contributed by atoms with van der Waals surface area (Å²) >= 11 is 6.13. The third-order valence-electron chi connectivity index (χ3n) is 3.90. The lowest BCUT2D eigenvalue weighted by atomic mass is 10.1. The number of rotatable bonds is 3. The minimum absolute atomic E-state index is 0.186. The summed E-state index contributed by atoms with van der Waals surface area (Å²) in [6.07, 6.45) is 8.17. The van der Waals surface area contributed by atoms with Crippen molar-refractivity contribution in [2.45, 2.75) is 6.92 Å². The van der Waals surface area contributed by atoms with Gasteiger partial charge < -0.3 is 4.90 Å². The number of hydrogen-bond donors (Lipinski definition) is 0. The third kappa shape index (κ3) is 2.83. The number of halogens is 2. The van der Waals surface area contributed by atoms with E-state index < -0.39 is 5.82 Å². The van der Waals surface area contributed by atoms with E-state index in [2.05, 4.69) is 16.0 Å². The molecular weight excluding hydrogens is 343 g/mol. The van der Waals surface area contributed by atoms with E-state index in [1.54, 1.807) is 20.0 Å². The molecule has 5 nitrogen and oxygen atoms in total. The van der Waals surface area contributed by atoms with Gasteiger partial charge in [-0.15, -0.1) is 6.42 Å². The van der Waals surface area contributed by atoms with Crippen LogP contribution in [0, 0.1) is 25.1 Å². The topological polar surface area (TPSA) is 50.5 Å². The fourth-order valence-electron chi connectivity index (χ4n) is 2.60. The van der Waals surface area contributed by atoms with Crippen molar-refractivity contribution in [2.24, 2.45) is 0 Å². The van der Waals surface area contributed by atoms with Crippen LogP contribution >= 0.6 is 11.6 Å². The molecule has 0 radical (unpaired) electrons. The van der Waals surface area contributed by atoms with Crippen molar-refractivity contribution in [3.63, 3.8) is 0 Å². The molecule has 25 heavy (non-hydrogen) atoms. The Labute approximate surface area is 149 Å². The average molecular weight is 357 g/mol. The minimum atomic E-state index is -0.462. The highest BCUT2D eigenvalue weighted by molar-refractivity contribution is 6.33. The molecule has 0 aliphatic heterocycles. The lowest BCUT2D eigenvalue weighted by Crippen LogP contribution is -2.28. The summed E-state index contributed by atoms with van der Waals surface area (Å²) in [5.41, 5.74) is 2.06. The van der Waals surface area contributed by atoms with Crippen LogP contribution < -0.4 is 0 Å². The second kappa shape index (κ2) is 6.54. The number of aromatic nitrogens is 3. The Bertz CT molecular complexity index is 1000. The number of aryl methyl sites for hydroxylation is 1. The predicted octanol–water partition coefficient (Wildman–Crippen LogP) is 3.20. The molecule has 0 fully saturated rings. The Kier molecular flexibility index (Phi) is 4.43. The highest BCUT2D eigenvalue weighted by Crippen LogP contribution is 2.33. The van der Waals surface area contributed by atoms with E-state index in [1.165, 1.54) is 33.9 Å². The summed E-state index contributed by atoms with van der Waals surface area (Å²) in [5, 5.41) is 4.51. The lowest BCUT2D eigenvalue weighted by Gasteiger charge is -2.15. The smallest absolute Gasteiger partial charge is 0.257 e. The lowest BCUT2D eigenvalue weighted by molar-refractivity contribution is 0.0810. The van der Waals surface area contributed by atoms with Crippen LogP contribution in [0.25, 0.3) is 16.8 Å². The Morgan fingerprint density at radius 3 is 2.88 bits per heavy atom. The molecule has 126 valence electrons. The van der Waals surface area contributed by atoms with Crippen molar-refractivity contribution in [1.29, 1.82) is 0 Å². The molecule has 0 aliphatic carbocycles. The van der Waals surface area contributed by atoms with Crippen LogP contribution in [-0.2, 0) is 0 Å². The number of terminal acetylenes is 1. The van der Waals surface area contributed by atoms with Crippen LogP contribution in [0.15, 0.2) is 30.6 Å². The summed E-state index contributed by atoms with van der Waals surface area (Å²) < 4.78 is 15.7. The van der Waals surface area contributed by atoms with Gasteiger partial charge in [-0.3, -0.25) is 4.79 Å². The van der Waals surface area contributed by atoms with Crippen LogP contribution in [0.1, 0.15) is 16.1 Å². The molecule has 0 bridgehead atoms. The van der Waals surface area contributed by atoms with Crippen molar-refractivity contribution < 1.29 is 9.18 Å². The summed E-state index contributed by atoms with van der Waals surface area (Å²) in [4.78, 5) is 18.2. The first kappa shape index (κ1) is 16.9. The highest BCUT2D eigenvalue weighted by Gasteiger charge is 2.20. The van der Waals surface area contributed by atoms with E-state index in [4.69, 9.17) is 18.0 Å². The largest absolute Gasteiger partial charge is 0.330 e. The van der Waals surface area contributed by atoms with E-state index in [0.29, 0.717) is 22.5 Å². The minimum Gasteiger partial charge on any atom is -0.330 e. The molecule has 0 saturated carbocycles. The first-order valence-electron chi connectivity index (χ1n) is 7.42. The van der Waals surface area contributed by atoms with Gasteiger partial charge in [0, 0.05) is 18.8 Å². The van der Waals surface area contributed by atoms with Gasteiger partial charge in [-0.1, -0.05) is 23.6 Å². The second-order valence-corrected chi connectivity index (χ2v) is 5.92. The molecule has 1 aromatic carbocycles.